The van der Waals surface area contributed by atoms with Gasteiger partial charge in [-0.3, -0.25) is 0 Å². The van der Waals surface area contributed by atoms with Gasteiger partial charge in [0.1, 0.15) is 5.82 Å². The zero-order chi connectivity index (χ0) is 11.3. The van der Waals surface area contributed by atoms with Gasteiger partial charge in [-0.1, -0.05) is 35.3 Å². The fourth-order valence-electron chi connectivity index (χ4n) is 1.65. The molecular formula is C12H17BrFN. The molecule has 1 rings (SSSR count). The van der Waals surface area contributed by atoms with Crippen LogP contribution in [0.15, 0.2) is 22.7 Å². The van der Waals surface area contributed by atoms with Crippen LogP contribution in [0.25, 0.3) is 0 Å². The van der Waals surface area contributed by atoms with Crippen LogP contribution in [0.1, 0.15) is 18.9 Å². The Morgan fingerprint density at radius 1 is 1.47 bits per heavy atom. The molecule has 84 valence electrons. The van der Waals surface area contributed by atoms with E-state index in [9.17, 15) is 4.39 Å². The van der Waals surface area contributed by atoms with Gasteiger partial charge in [0.05, 0.1) is 0 Å². The summed E-state index contributed by atoms with van der Waals surface area (Å²) in [4.78, 5) is 0. The standard InChI is InChI=1S/C12H17BrFN/c1-3-9(8-15-2)6-10-4-5-11(14)7-12(10)13/h4-5,7,9,15H,3,6,8H2,1-2H3. The van der Waals surface area contributed by atoms with Crippen molar-refractivity contribution in [3.05, 3.63) is 34.1 Å². The van der Waals surface area contributed by atoms with Crippen LogP contribution in [0.4, 0.5) is 4.39 Å². The fraction of sp³-hybridized carbons (Fsp3) is 0.500. The third-order valence-corrected chi connectivity index (χ3v) is 3.33. The first-order valence-electron chi connectivity index (χ1n) is 5.25. The molecule has 3 heteroatoms. The van der Waals surface area contributed by atoms with E-state index in [0.717, 1.165) is 23.9 Å². The van der Waals surface area contributed by atoms with E-state index in [-0.39, 0.29) is 5.82 Å². The lowest BCUT2D eigenvalue weighted by atomic mass is 9.97. The van der Waals surface area contributed by atoms with Crippen molar-refractivity contribution < 1.29 is 4.39 Å². The van der Waals surface area contributed by atoms with Gasteiger partial charge in [0.15, 0.2) is 0 Å². The van der Waals surface area contributed by atoms with Crippen LogP contribution in [0.3, 0.4) is 0 Å². The van der Waals surface area contributed by atoms with E-state index in [2.05, 4.69) is 28.2 Å². The van der Waals surface area contributed by atoms with Crippen LogP contribution in [-0.2, 0) is 6.42 Å². The van der Waals surface area contributed by atoms with Gasteiger partial charge in [0.25, 0.3) is 0 Å². The molecule has 15 heavy (non-hydrogen) atoms. The van der Waals surface area contributed by atoms with E-state index in [0.29, 0.717) is 5.92 Å². The molecule has 0 fully saturated rings. The highest BCUT2D eigenvalue weighted by molar-refractivity contribution is 9.10. The van der Waals surface area contributed by atoms with E-state index in [1.807, 2.05) is 13.1 Å². The Morgan fingerprint density at radius 3 is 2.73 bits per heavy atom. The summed E-state index contributed by atoms with van der Waals surface area (Å²) in [7, 11) is 1.96. The first kappa shape index (κ1) is 12.7. The lowest BCUT2D eigenvalue weighted by Crippen LogP contribution is -2.20. The predicted octanol–water partition coefficient (Wildman–Crippen LogP) is 3.38. The molecule has 0 amide bonds. The zero-order valence-corrected chi connectivity index (χ0v) is 10.8. The molecule has 1 aromatic rings. The number of hydrogen-bond donors (Lipinski definition) is 1. The second-order valence-electron chi connectivity index (χ2n) is 3.77. The van der Waals surface area contributed by atoms with Crippen LogP contribution in [0.5, 0.6) is 0 Å². The lowest BCUT2D eigenvalue weighted by molar-refractivity contribution is 0.480. The molecule has 0 aliphatic carbocycles. The fourth-order valence-corrected chi connectivity index (χ4v) is 2.16. The predicted molar refractivity (Wildman–Crippen MR) is 65.5 cm³/mol. The van der Waals surface area contributed by atoms with Crippen molar-refractivity contribution in [3.63, 3.8) is 0 Å². The van der Waals surface area contributed by atoms with Crippen molar-refractivity contribution in [2.45, 2.75) is 19.8 Å². The Hall–Kier alpha value is -0.410. The molecule has 0 aromatic heterocycles. The second-order valence-corrected chi connectivity index (χ2v) is 4.63. The van der Waals surface area contributed by atoms with Crippen molar-refractivity contribution in [3.8, 4) is 0 Å². The van der Waals surface area contributed by atoms with Crippen LogP contribution in [-0.4, -0.2) is 13.6 Å². The highest BCUT2D eigenvalue weighted by Gasteiger charge is 2.09. The highest BCUT2D eigenvalue weighted by Crippen LogP contribution is 2.22. The summed E-state index contributed by atoms with van der Waals surface area (Å²) >= 11 is 3.40. The molecule has 1 aromatic carbocycles. The topological polar surface area (TPSA) is 12.0 Å². The van der Waals surface area contributed by atoms with Gasteiger partial charge in [-0.15, -0.1) is 0 Å². The number of hydrogen-bond acceptors (Lipinski definition) is 1. The summed E-state index contributed by atoms with van der Waals surface area (Å²) in [6, 6.07) is 4.91. The molecule has 0 spiro atoms. The minimum atomic E-state index is -0.188. The van der Waals surface area contributed by atoms with Crippen molar-refractivity contribution >= 4 is 15.9 Å². The van der Waals surface area contributed by atoms with E-state index in [1.54, 1.807) is 0 Å². The molecule has 0 heterocycles. The normalized spacial score (nSPS) is 12.8. The number of rotatable bonds is 5. The average molecular weight is 274 g/mol. The van der Waals surface area contributed by atoms with Gasteiger partial charge in [-0.05, 0) is 43.6 Å². The molecule has 0 radical (unpaired) electrons. The molecule has 1 N–H and O–H groups in total. The van der Waals surface area contributed by atoms with Crippen LogP contribution in [0, 0.1) is 11.7 Å². The Labute approximate surface area is 99.2 Å². The Bertz CT molecular complexity index is 314. The van der Waals surface area contributed by atoms with Gasteiger partial charge < -0.3 is 5.32 Å². The van der Waals surface area contributed by atoms with Gasteiger partial charge >= 0.3 is 0 Å². The quantitative estimate of drug-likeness (QED) is 0.868. The first-order valence-corrected chi connectivity index (χ1v) is 6.05. The molecule has 0 saturated heterocycles. The second kappa shape index (κ2) is 6.23. The number of benzene rings is 1. The SMILES string of the molecule is CCC(CNC)Cc1ccc(F)cc1Br. The maximum Gasteiger partial charge on any atom is 0.124 e. The maximum absolute atomic E-state index is 12.9. The minimum absolute atomic E-state index is 0.188. The minimum Gasteiger partial charge on any atom is -0.319 e. The van der Waals surface area contributed by atoms with Gasteiger partial charge in [0, 0.05) is 4.47 Å². The molecule has 0 aliphatic heterocycles. The van der Waals surface area contributed by atoms with Crippen LogP contribution >= 0.6 is 15.9 Å². The van der Waals surface area contributed by atoms with Crippen molar-refractivity contribution in [1.29, 1.82) is 0 Å². The molecule has 1 atom stereocenters. The Balaban J connectivity index is 2.70. The molecule has 0 saturated carbocycles. The van der Waals surface area contributed by atoms with Crippen LogP contribution < -0.4 is 5.32 Å². The zero-order valence-electron chi connectivity index (χ0n) is 9.19. The van der Waals surface area contributed by atoms with Gasteiger partial charge in [-0.2, -0.15) is 0 Å². The average Bonchev–Trinajstić information content (AvgIpc) is 2.21. The summed E-state index contributed by atoms with van der Waals surface area (Å²) in [5.41, 5.74) is 1.18. The maximum atomic E-state index is 12.9. The monoisotopic (exact) mass is 273 g/mol. The summed E-state index contributed by atoms with van der Waals surface area (Å²) in [6.45, 7) is 3.18. The van der Waals surface area contributed by atoms with Crippen LogP contribution in [0.2, 0.25) is 0 Å². The summed E-state index contributed by atoms with van der Waals surface area (Å²) in [5, 5.41) is 3.18. The third-order valence-electron chi connectivity index (χ3n) is 2.59. The van der Waals surface area contributed by atoms with Crippen molar-refractivity contribution in [2.24, 2.45) is 5.92 Å². The molecule has 1 nitrogen and oxygen atoms in total. The van der Waals surface area contributed by atoms with Crippen molar-refractivity contribution in [2.75, 3.05) is 13.6 Å². The molecular weight excluding hydrogens is 257 g/mol. The Morgan fingerprint density at radius 2 is 2.20 bits per heavy atom. The van der Waals surface area contributed by atoms with E-state index < -0.39 is 0 Å². The largest absolute Gasteiger partial charge is 0.319 e. The van der Waals surface area contributed by atoms with E-state index >= 15 is 0 Å². The first-order chi connectivity index (χ1) is 7.17. The molecule has 0 aliphatic rings. The number of nitrogens with one attached hydrogen (secondary N) is 1. The van der Waals surface area contributed by atoms with Crippen molar-refractivity contribution in [1.82, 2.24) is 5.32 Å². The smallest absolute Gasteiger partial charge is 0.124 e. The summed E-state index contributed by atoms with van der Waals surface area (Å²) < 4.78 is 13.7. The van der Waals surface area contributed by atoms with E-state index in [1.165, 1.54) is 17.7 Å². The van der Waals surface area contributed by atoms with Gasteiger partial charge in [0.2, 0.25) is 0 Å². The Kier molecular flexibility index (Phi) is 5.26. The molecule has 0 bridgehead atoms. The highest BCUT2D eigenvalue weighted by atomic mass is 79.9. The van der Waals surface area contributed by atoms with E-state index in [4.69, 9.17) is 0 Å². The van der Waals surface area contributed by atoms with Gasteiger partial charge in [-0.25, -0.2) is 4.39 Å². The number of halogens is 2. The lowest BCUT2D eigenvalue weighted by Gasteiger charge is -2.15. The molecule has 1 unspecified atom stereocenters. The summed E-state index contributed by atoms with van der Waals surface area (Å²) in [5.74, 6) is 0.420. The summed E-state index contributed by atoms with van der Waals surface area (Å²) in [6.07, 6.45) is 2.11. The third kappa shape index (κ3) is 3.92.